The second-order valence-electron chi connectivity index (χ2n) is 12.6. The van der Waals surface area contributed by atoms with Gasteiger partial charge in [0.1, 0.15) is 17.8 Å². The van der Waals surface area contributed by atoms with Gasteiger partial charge in [0.05, 0.1) is 6.04 Å². The minimum Gasteiger partial charge on any atom is -0.455 e. The molecule has 0 radical (unpaired) electrons. The van der Waals surface area contributed by atoms with Crippen molar-refractivity contribution in [3.05, 3.63) is 45.2 Å². The number of rotatable bonds is 15. The summed E-state index contributed by atoms with van der Waals surface area (Å²) in [4.78, 5) is 60.2. The molecule has 11 nitrogen and oxygen atoms in total. The zero-order chi connectivity index (χ0) is 37.4. The van der Waals surface area contributed by atoms with E-state index in [-0.39, 0.29) is 41.9 Å². The van der Waals surface area contributed by atoms with Crippen LogP contribution < -0.4 is 10.1 Å². The SMILES string of the molecule is CCC(C)C(NC(=O)C1CCCCN1C)C(=O)N(COC)[C@H](C[C@@H](OC(C)=O)c1nc(C(=O)Oc2c(F)c(F)c(F)c(F)c2F)cs1)C(C)C. The first-order valence-electron chi connectivity index (χ1n) is 16.2. The summed E-state index contributed by atoms with van der Waals surface area (Å²) in [5.74, 6) is -17.0. The summed E-state index contributed by atoms with van der Waals surface area (Å²) in [6, 6.07) is -1.97. The number of ether oxygens (including phenoxy) is 3. The Hall–Kier alpha value is -3.70. The topological polar surface area (TPSA) is 127 Å². The molecule has 0 aliphatic carbocycles. The van der Waals surface area contributed by atoms with Gasteiger partial charge in [-0.15, -0.1) is 11.3 Å². The molecule has 50 heavy (non-hydrogen) atoms. The van der Waals surface area contributed by atoms with E-state index in [4.69, 9.17) is 9.47 Å². The van der Waals surface area contributed by atoms with Gasteiger partial charge in [-0.2, -0.15) is 8.78 Å². The van der Waals surface area contributed by atoms with Crippen molar-refractivity contribution in [2.75, 3.05) is 27.4 Å². The van der Waals surface area contributed by atoms with Crippen LogP contribution in [-0.2, 0) is 23.9 Å². The Morgan fingerprint density at radius 3 is 2.20 bits per heavy atom. The smallest absolute Gasteiger partial charge is 0.363 e. The van der Waals surface area contributed by atoms with Gasteiger partial charge in [0, 0.05) is 31.9 Å². The number of methoxy groups -OCH3 is 1. The number of amides is 2. The average Bonchev–Trinajstić information content (AvgIpc) is 3.58. The van der Waals surface area contributed by atoms with Crippen LogP contribution >= 0.6 is 11.3 Å². The van der Waals surface area contributed by atoms with Gasteiger partial charge in [0.15, 0.2) is 11.8 Å². The number of hydrogen-bond donors (Lipinski definition) is 1. The van der Waals surface area contributed by atoms with Crippen LogP contribution in [0.5, 0.6) is 5.75 Å². The zero-order valence-electron chi connectivity index (χ0n) is 29.0. The minimum absolute atomic E-state index is 0.0205. The summed E-state index contributed by atoms with van der Waals surface area (Å²) in [5, 5.41) is 4.09. The number of thiazole rings is 1. The van der Waals surface area contributed by atoms with Crippen LogP contribution in [0.15, 0.2) is 5.38 Å². The average molecular weight is 735 g/mol. The Balaban J connectivity index is 1.92. The number of likely N-dealkylation sites (N-methyl/N-ethyl adjacent to an activating group) is 1. The molecule has 3 rings (SSSR count). The number of hydrogen-bond acceptors (Lipinski definition) is 10. The van der Waals surface area contributed by atoms with Crippen molar-refractivity contribution < 1.29 is 55.3 Å². The quantitative estimate of drug-likeness (QED) is 0.0628. The summed E-state index contributed by atoms with van der Waals surface area (Å²) >= 11 is 0.801. The lowest BCUT2D eigenvalue weighted by molar-refractivity contribution is -0.152. The Morgan fingerprint density at radius 1 is 1.04 bits per heavy atom. The number of halogens is 5. The highest BCUT2D eigenvalue weighted by Crippen LogP contribution is 2.33. The number of piperidine rings is 1. The van der Waals surface area contributed by atoms with E-state index in [1.807, 2.05) is 39.6 Å². The zero-order valence-corrected chi connectivity index (χ0v) is 29.8. The van der Waals surface area contributed by atoms with Crippen molar-refractivity contribution >= 4 is 35.1 Å². The molecule has 1 fully saturated rings. The predicted molar refractivity (Wildman–Crippen MR) is 171 cm³/mol. The third kappa shape index (κ3) is 9.54. The van der Waals surface area contributed by atoms with E-state index in [9.17, 15) is 41.1 Å². The molecular weight excluding hydrogens is 691 g/mol. The van der Waals surface area contributed by atoms with Crippen molar-refractivity contribution in [1.29, 1.82) is 0 Å². The molecule has 278 valence electrons. The largest absolute Gasteiger partial charge is 0.455 e. The summed E-state index contributed by atoms with van der Waals surface area (Å²) in [7, 11) is 3.27. The molecule has 3 unspecified atom stereocenters. The lowest BCUT2D eigenvalue weighted by atomic mass is 9.92. The monoisotopic (exact) mass is 734 g/mol. The van der Waals surface area contributed by atoms with E-state index in [0.29, 0.717) is 12.8 Å². The Labute approximate surface area is 291 Å². The van der Waals surface area contributed by atoms with Crippen LogP contribution in [0.25, 0.3) is 0 Å². The van der Waals surface area contributed by atoms with Gasteiger partial charge in [-0.1, -0.05) is 40.5 Å². The third-order valence-corrected chi connectivity index (χ3v) is 9.64. The Bertz CT molecular complexity index is 1510. The first-order chi connectivity index (χ1) is 23.5. The Morgan fingerprint density at radius 2 is 1.66 bits per heavy atom. The molecule has 1 aliphatic rings. The summed E-state index contributed by atoms with van der Waals surface area (Å²) in [6.45, 7) is 9.12. The number of carbonyl (C=O) groups excluding carboxylic acids is 4. The summed E-state index contributed by atoms with van der Waals surface area (Å²) in [5.41, 5.74) is -0.566. The van der Waals surface area contributed by atoms with Gasteiger partial charge < -0.3 is 24.4 Å². The fourth-order valence-corrected chi connectivity index (χ4v) is 6.53. The van der Waals surface area contributed by atoms with Crippen molar-refractivity contribution in [3.63, 3.8) is 0 Å². The molecule has 1 aliphatic heterocycles. The lowest BCUT2D eigenvalue weighted by Crippen LogP contribution is -2.59. The molecule has 1 saturated heterocycles. The van der Waals surface area contributed by atoms with Crippen LogP contribution in [-0.4, -0.2) is 84.1 Å². The van der Waals surface area contributed by atoms with Crippen molar-refractivity contribution in [2.24, 2.45) is 11.8 Å². The first kappa shape index (κ1) is 40.7. The van der Waals surface area contributed by atoms with Gasteiger partial charge in [-0.3, -0.25) is 19.3 Å². The molecule has 1 N–H and O–H groups in total. The second kappa shape index (κ2) is 18.0. The molecule has 0 spiro atoms. The highest BCUT2D eigenvalue weighted by molar-refractivity contribution is 7.09. The standard InChI is InChI=1S/C33H43F5N4O7S/c1-8-17(4)28(40-30(44)20-11-9-10-12-41(20)6)32(45)42(15-47-7)21(16(2)3)13-22(48-18(5)43)31-39-19(14-50-31)33(46)49-29-26(37)24(35)23(34)25(36)27(29)38/h14,16-17,20-22,28H,8-13,15H2,1-7H3,(H,40,44)/t17?,20?,21-,22-,28?/m1/s1. The normalized spacial score (nSPS) is 17.5. The van der Waals surface area contributed by atoms with E-state index >= 15 is 0 Å². The molecule has 0 bridgehead atoms. The molecule has 2 amide bonds. The predicted octanol–water partition coefficient (Wildman–Crippen LogP) is 5.52. The highest BCUT2D eigenvalue weighted by Gasteiger charge is 2.39. The van der Waals surface area contributed by atoms with Crippen molar-refractivity contribution in [2.45, 2.75) is 91.0 Å². The molecule has 2 heterocycles. The fourth-order valence-electron chi connectivity index (χ4n) is 5.71. The molecule has 2 aromatic rings. The van der Waals surface area contributed by atoms with E-state index < -0.39 is 76.6 Å². The van der Waals surface area contributed by atoms with Crippen molar-refractivity contribution in [3.8, 4) is 5.75 Å². The van der Waals surface area contributed by atoms with Crippen LogP contribution in [0, 0.1) is 40.9 Å². The Kier molecular flexibility index (Phi) is 14.7. The maximum Gasteiger partial charge on any atom is 0.363 e. The summed E-state index contributed by atoms with van der Waals surface area (Å²) < 4.78 is 84.5. The number of aromatic nitrogens is 1. The lowest BCUT2D eigenvalue weighted by Gasteiger charge is -2.39. The van der Waals surface area contributed by atoms with Gasteiger partial charge in [0.2, 0.25) is 46.6 Å². The number of benzene rings is 1. The van der Waals surface area contributed by atoms with Gasteiger partial charge in [-0.05, 0) is 38.3 Å². The van der Waals surface area contributed by atoms with Gasteiger partial charge >= 0.3 is 11.9 Å². The van der Waals surface area contributed by atoms with Crippen LogP contribution in [0.3, 0.4) is 0 Å². The fraction of sp³-hybridized carbons (Fsp3) is 0.606. The molecule has 0 saturated carbocycles. The molecule has 5 atom stereocenters. The third-order valence-electron chi connectivity index (χ3n) is 8.71. The van der Waals surface area contributed by atoms with E-state index in [0.717, 1.165) is 43.0 Å². The number of likely N-dealkylation sites (tertiary alicyclic amines) is 1. The maximum atomic E-state index is 14.3. The number of carbonyl (C=O) groups is 4. The van der Waals surface area contributed by atoms with Crippen molar-refractivity contribution in [1.82, 2.24) is 20.1 Å². The molecule has 1 aromatic carbocycles. The number of nitrogens with one attached hydrogen (secondary N) is 1. The number of nitrogens with zero attached hydrogens (tertiary/aromatic N) is 3. The van der Waals surface area contributed by atoms with Crippen LogP contribution in [0.2, 0.25) is 0 Å². The summed E-state index contributed by atoms with van der Waals surface area (Å²) in [6.07, 6.45) is 1.88. The minimum atomic E-state index is -2.42. The van der Waals surface area contributed by atoms with E-state index in [1.54, 1.807) is 0 Å². The van der Waals surface area contributed by atoms with E-state index in [1.165, 1.54) is 12.0 Å². The highest BCUT2D eigenvalue weighted by atomic mass is 32.1. The first-order valence-corrected chi connectivity index (χ1v) is 17.1. The van der Waals surface area contributed by atoms with Crippen LogP contribution in [0.4, 0.5) is 22.0 Å². The maximum absolute atomic E-state index is 14.3. The van der Waals surface area contributed by atoms with E-state index in [2.05, 4.69) is 15.0 Å². The van der Waals surface area contributed by atoms with Gasteiger partial charge in [-0.25, -0.2) is 22.9 Å². The second-order valence-corrected chi connectivity index (χ2v) is 13.5. The number of esters is 2. The molecule has 17 heteroatoms. The van der Waals surface area contributed by atoms with Crippen LogP contribution in [0.1, 0.15) is 88.3 Å². The molecule has 1 aromatic heterocycles. The van der Waals surface area contributed by atoms with Gasteiger partial charge in [0.25, 0.3) is 0 Å². The molecular formula is C33H43F5N4O7S.